The van der Waals surface area contributed by atoms with E-state index in [0.717, 1.165) is 45.6 Å². The molecule has 0 radical (unpaired) electrons. The van der Waals surface area contributed by atoms with Gasteiger partial charge in [0.25, 0.3) is 0 Å². The smallest absolute Gasteiger partial charge is 0.0602 e. The Labute approximate surface area is 152 Å². The number of piperazine rings is 1. The van der Waals surface area contributed by atoms with Crippen molar-refractivity contribution in [1.82, 2.24) is 9.80 Å². The van der Waals surface area contributed by atoms with E-state index in [1.165, 1.54) is 11.1 Å². The highest BCUT2D eigenvalue weighted by atomic mass is 15.3. The maximum atomic E-state index is 6.08. The fourth-order valence-electron chi connectivity index (χ4n) is 3.68. The molecule has 3 nitrogen and oxygen atoms in total. The Morgan fingerprint density at radius 3 is 1.84 bits per heavy atom. The van der Waals surface area contributed by atoms with Crippen molar-refractivity contribution in [2.45, 2.75) is 31.8 Å². The Morgan fingerprint density at radius 2 is 1.36 bits per heavy atom. The maximum absolute atomic E-state index is 6.08. The summed E-state index contributed by atoms with van der Waals surface area (Å²) in [4.78, 5) is 5.19. The average molecular weight is 338 g/mol. The highest BCUT2D eigenvalue weighted by Crippen LogP contribution is 2.29. The summed E-state index contributed by atoms with van der Waals surface area (Å²) in [6.45, 7) is 7.78. The van der Waals surface area contributed by atoms with Crippen LogP contribution in [0.4, 0.5) is 0 Å². The molecular weight excluding hydrogens is 306 g/mol. The van der Waals surface area contributed by atoms with Gasteiger partial charge in [0.2, 0.25) is 0 Å². The third-order valence-corrected chi connectivity index (χ3v) is 5.34. The molecule has 0 aliphatic carbocycles. The zero-order chi connectivity index (χ0) is 17.5. The van der Waals surface area contributed by atoms with E-state index in [1.54, 1.807) is 0 Å². The number of benzene rings is 2. The average Bonchev–Trinajstić information content (AvgIpc) is 2.69. The monoisotopic (exact) mass is 337 g/mol. The zero-order valence-corrected chi connectivity index (χ0v) is 15.3. The van der Waals surface area contributed by atoms with Gasteiger partial charge >= 0.3 is 0 Å². The number of nitrogens with zero attached hydrogens (tertiary/aromatic N) is 2. The molecule has 0 spiro atoms. The van der Waals surface area contributed by atoms with Gasteiger partial charge in [-0.15, -0.1) is 0 Å². The Kier molecular flexibility index (Phi) is 6.62. The van der Waals surface area contributed by atoms with Crippen LogP contribution in [-0.4, -0.2) is 48.6 Å². The number of hydrogen-bond acceptors (Lipinski definition) is 3. The molecule has 1 fully saturated rings. The van der Waals surface area contributed by atoms with Crippen molar-refractivity contribution < 1.29 is 0 Å². The summed E-state index contributed by atoms with van der Waals surface area (Å²) in [5.74, 6) is 0. The highest BCUT2D eigenvalue weighted by molar-refractivity contribution is 5.31. The van der Waals surface area contributed by atoms with Crippen molar-refractivity contribution in [1.29, 1.82) is 0 Å². The lowest BCUT2D eigenvalue weighted by atomic mass is 9.96. The molecule has 1 atom stereocenters. The van der Waals surface area contributed by atoms with Gasteiger partial charge in [-0.1, -0.05) is 67.6 Å². The summed E-state index contributed by atoms with van der Waals surface area (Å²) in [5, 5.41) is 0. The molecule has 0 saturated carbocycles. The first-order valence-electron chi connectivity index (χ1n) is 9.59. The van der Waals surface area contributed by atoms with Crippen LogP contribution in [0.2, 0.25) is 0 Å². The molecule has 1 aliphatic rings. The predicted octanol–water partition coefficient (Wildman–Crippen LogP) is 3.52. The van der Waals surface area contributed by atoms with Crippen LogP contribution in [0.1, 0.15) is 36.9 Å². The normalized spacial score (nSPS) is 17.7. The van der Waals surface area contributed by atoms with E-state index in [1.807, 2.05) is 0 Å². The SMILES string of the molecule is CCC(N)CCN1CCN(C(c2ccccc2)c2ccccc2)CC1. The molecule has 1 heterocycles. The van der Waals surface area contributed by atoms with Crippen molar-refractivity contribution in [3.8, 4) is 0 Å². The second kappa shape index (κ2) is 9.14. The van der Waals surface area contributed by atoms with Crippen LogP contribution in [0.25, 0.3) is 0 Å². The summed E-state index contributed by atoms with van der Waals surface area (Å²) in [6.07, 6.45) is 2.18. The molecule has 3 rings (SSSR count). The third kappa shape index (κ3) is 4.91. The molecule has 1 saturated heterocycles. The first-order chi connectivity index (χ1) is 12.3. The highest BCUT2D eigenvalue weighted by Gasteiger charge is 2.26. The van der Waals surface area contributed by atoms with Gasteiger partial charge in [-0.2, -0.15) is 0 Å². The molecule has 1 aliphatic heterocycles. The van der Waals surface area contributed by atoms with Gasteiger partial charge in [0.1, 0.15) is 0 Å². The van der Waals surface area contributed by atoms with Gasteiger partial charge in [0.15, 0.2) is 0 Å². The topological polar surface area (TPSA) is 32.5 Å². The van der Waals surface area contributed by atoms with Crippen molar-refractivity contribution >= 4 is 0 Å². The lowest BCUT2D eigenvalue weighted by molar-refractivity contribution is 0.107. The van der Waals surface area contributed by atoms with Crippen LogP contribution in [-0.2, 0) is 0 Å². The quantitative estimate of drug-likeness (QED) is 0.839. The fraction of sp³-hybridized carbons (Fsp3) is 0.455. The van der Waals surface area contributed by atoms with Gasteiger partial charge in [-0.3, -0.25) is 4.90 Å². The van der Waals surface area contributed by atoms with Crippen LogP contribution in [0.5, 0.6) is 0 Å². The molecular formula is C22H31N3. The minimum absolute atomic E-state index is 0.347. The summed E-state index contributed by atoms with van der Waals surface area (Å²) in [7, 11) is 0. The van der Waals surface area contributed by atoms with E-state index < -0.39 is 0 Å². The molecule has 2 N–H and O–H groups in total. The zero-order valence-electron chi connectivity index (χ0n) is 15.3. The van der Waals surface area contributed by atoms with Gasteiger partial charge in [0.05, 0.1) is 6.04 Å². The van der Waals surface area contributed by atoms with Gasteiger partial charge in [-0.05, 0) is 30.5 Å². The number of hydrogen-bond donors (Lipinski definition) is 1. The van der Waals surface area contributed by atoms with Crippen LogP contribution in [0, 0.1) is 0 Å². The van der Waals surface area contributed by atoms with E-state index in [4.69, 9.17) is 5.73 Å². The summed E-state index contributed by atoms with van der Waals surface area (Å²) in [5.41, 5.74) is 8.85. The molecule has 1 unspecified atom stereocenters. The van der Waals surface area contributed by atoms with E-state index >= 15 is 0 Å². The lowest BCUT2D eigenvalue weighted by Gasteiger charge is -2.40. The molecule has 0 amide bonds. The van der Waals surface area contributed by atoms with Crippen LogP contribution < -0.4 is 5.73 Å². The Hall–Kier alpha value is -1.68. The first kappa shape index (κ1) is 18.1. The van der Waals surface area contributed by atoms with Crippen LogP contribution in [0.3, 0.4) is 0 Å². The van der Waals surface area contributed by atoms with E-state index in [9.17, 15) is 0 Å². The van der Waals surface area contributed by atoms with E-state index in [-0.39, 0.29) is 0 Å². The van der Waals surface area contributed by atoms with Crippen molar-refractivity contribution in [2.24, 2.45) is 5.73 Å². The molecule has 0 bridgehead atoms. The summed E-state index contributed by atoms with van der Waals surface area (Å²) in [6, 6.07) is 22.5. The molecule has 25 heavy (non-hydrogen) atoms. The van der Waals surface area contributed by atoms with Crippen molar-refractivity contribution in [3.63, 3.8) is 0 Å². The van der Waals surface area contributed by atoms with Crippen molar-refractivity contribution in [3.05, 3.63) is 71.8 Å². The standard InChI is InChI=1S/C22H31N3/c1-2-21(23)13-14-24-15-17-25(18-16-24)22(19-9-5-3-6-10-19)20-11-7-4-8-12-20/h3-12,21-22H,2,13-18,23H2,1H3. The Balaban J connectivity index is 1.67. The molecule has 3 heteroatoms. The van der Waals surface area contributed by atoms with Gasteiger partial charge < -0.3 is 10.6 Å². The second-order valence-electron chi connectivity index (χ2n) is 7.06. The van der Waals surface area contributed by atoms with E-state index in [0.29, 0.717) is 12.1 Å². The number of rotatable bonds is 7. The lowest BCUT2D eigenvalue weighted by Crippen LogP contribution is -2.48. The summed E-state index contributed by atoms with van der Waals surface area (Å²) >= 11 is 0. The Bertz CT molecular complexity index is 566. The fourth-order valence-corrected chi connectivity index (χ4v) is 3.68. The Morgan fingerprint density at radius 1 is 0.840 bits per heavy atom. The predicted molar refractivity (Wildman–Crippen MR) is 106 cm³/mol. The van der Waals surface area contributed by atoms with Crippen molar-refractivity contribution in [2.75, 3.05) is 32.7 Å². The van der Waals surface area contributed by atoms with Gasteiger partial charge in [0, 0.05) is 32.2 Å². The van der Waals surface area contributed by atoms with Crippen LogP contribution >= 0.6 is 0 Å². The molecule has 0 aromatic heterocycles. The van der Waals surface area contributed by atoms with Gasteiger partial charge in [-0.25, -0.2) is 0 Å². The maximum Gasteiger partial charge on any atom is 0.0602 e. The summed E-state index contributed by atoms with van der Waals surface area (Å²) < 4.78 is 0. The number of nitrogens with two attached hydrogens (primary N) is 1. The minimum Gasteiger partial charge on any atom is -0.328 e. The molecule has 2 aromatic rings. The molecule has 2 aromatic carbocycles. The van der Waals surface area contributed by atoms with Crippen LogP contribution in [0.15, 0.2) is 60.7 Å². The first-order valence-corrected chi connectivity index (χ1v) is 9.59. The third-order valence-electron chi connectivity index (χ3n) is 5.34. The molecule has 134 valence electrons. The second-order valence-corrected chi connectivity index (χ2v) is 7.06. The minimum atomic E-state index is 0.347. The largest absolute Gasteiger partial charge is 0.328 e. The van der Waals surface area contributed by atoms with E-state index in [2.05, 4.69) is 77.4 Å².